The maximum atomic E-state index is 13.5. The highest BCUT2D eigenvalue weighted by Gasteiger charge is 2.29. The monoisotopic (exact) mass is 567 g/mol. The lowest BCUT2D eigenvalue weighted by Gasteiger charge is -2.25. The van der Waals surface area contributed by atoms with E-state index in [9.17, 15) is 4.79 Å². The summed E-state index contributed by atoms with van der Waals surface area (Å²) in [5.41, 5.74) is 13.2. The van der Waals surface area contributed by atoms with Crippen LogP contribution < -0.4 is 37.2 Å². The van der Waals surface area contributed by atoms with Gasteiger partial charge >= 0.3 is 0 Å². The third-order valence-electron chi connectivity index (χ3n) is 7.10. The molecule has 1 aliphatic carbocycles. The fraction of sp³-hybridized carbons (Fsp3) is 0.433. The Balaban J connectivity index is 1.93. The van der Waals surface area contributed by atoms with Gasteiger partial charge in [-0.2, -0.15) is 0 Å². The first-order chi connectivity index (χ1) is 18.8. The number of nitrogens with one attached hydrogen (secondary N) is 2. The van der Waals surface area contributed by atoms with Gasteiger partial charge in [-0.1, -0.05) is 45.7 Å². The predicted molar refractivity (Wildman–Crippen MR) is 169 cm³/mol. The minimum absolute atomic E-state index is 0.131. The predicted octanol–water partition coefficient (Wildman–Crippen LogP) is 5.75. The van der Waals surface area contributed by atoms with Crippen LogP contribution in [0.2, 0.25) is 0 Å². The van der Waals surface area contributed by atoms with Gasteiger partial charge in [0.2, 0.25) is 0 Å². The van der Waals surface area contributed by atoms with Crippen LogP contribution in [0.4, 0.5) is 17.1 Å². The van der Waals surface area contributed by atoms with Crippen molar-refractivity contribution in [2.45, 2.75) is 72.3 Å². The van der Waals surface area contributed by atoms with Crippen LogP contribution in [-0.4, -0.2) is 30.3 Å². The van der Waals surface area contributed by atoms with Crippen molar-refractivity contribution in [1.29, 1.82) is 0 Å². The normalized spacial score (nSPS) is 14.4. The van der Waals surface area contributed by atoms with E-state index in [0.717, 1.165) is 47.3 Å². The van der Waals surface area contributed by atoms with Crippen molar-refractivity contribution in [1.82, 2.24) is 5.01 Å². The van der Waals surface area contributed by atoms with Crippen LogP contribution >= 0.6 is 11.9 Å². The number of ether oxygens (including phenoxy) is 1. The van der Waals surface area contributed by atoms with E-state index in [1.807, 2.05) is 43.3 Å². The number of hydrazine groups is 2. The maximum absolute atomic E-state index is 13.5. The van der Waals surface area contributed by atoms with Gasteiger partial charge in [0.1, 0.15) is 0 Å². The van der Waals surface area contributed by atoms with Crippen molar-refractivity contribution >= 4 is 34.9 Å². The lowest BCUT2D eigenvalue weighted by Crippen LogP contribution is -2.34. The number of hydrogen-bond donors (Lipinski definition) is 5. The van der Waals surface area contributed by atoms with E-state index in [2.05, 4.69) is 37.7 Å². The highest BCUT2D eigenvalue weighted by Crippen LogP contribution is 2.40. The molecular formula is C30H45N7O2S. The number of rotatable bonds is 11. The molecule has 10 heteroatoms. The number of allylic oxidation sites excluding steroid dienone is 2. The number of carbonyl (C=O) groups is 1. The number of methoxy groups -OCH3 is 1. The molecule has 1 aliphatic rings. The number of carbonyl (C=O) groups excluding carboxylic acids is 1. The van der Waals surface area contributed by atoms with Crippen LogP contribution in [-0.2, 0) is 5.41 Å². The Labute approximate surface area is 243 Å². The van der Waals surface area contributed by atoms with E-state index in [4.69, 9.17) is 22.2 Å². The molecule has 8 N–H and O–H groups in total. The number of benzene rings is 2. The van der Waals surface area contributed by atoms with Gasteiger partial charge in [-0.15, -0.1) is 0 Å². The third-order valence-corrected chi connectivity index (χ3v) is 7.52. The first kappa shape index (κ1) is 31.2. The second-order valence-electron chi connectivity index (χ2n) is 11.2. The summed E-state index contributed by atoms with van der Waals surface area (Å²) in [7, 11) is 1.59. The number of amides is 1. The van der Waals surface area contributed by atoms with Gasteiger partial charge in [0.15, 0.2) is 5.75 Å². The molecule has 0 atom stereocenters. The lowest BCUT2D eigenvalue weighted by molar-refractivity contribution is 0.102. The maximum Gasteiger partial charge on any atom is 0.255 e. The molecule has 3 rings (SSSR count). The standard InChI is InChI=1S/C30H45N7O2S/c1-9-26(37(33)22-12-13-22)19(3)23(31)17-36(32)27-14-20(11-10-18(27)2)29(38)34-24-15-21(30(4,5)6)16-25(35-40-8)28(24)39-7/h10-11,14-17,22,35H,9,12-13,31-33H2,1-8H3,(H,34,38)/b23-17-,26-19+. The molecule has 0 aliphatic heterocycles. The van der Waals surface area contributed by atoms with Crippen molar-refractivity contribution in [2.24, 2.45) is 17.4 Å². The van der Waals surface area contributed by atoms with Gasteiger partial charge in [-0.25, -0.2) is 11.7 Å². The zero-order valence-corrected chi connectivity index (χ0v) is 25.8. The number of anilines is 3. The second kappa shape index (κ2) is 12.9. The van der Waals surface area contributed by atoms with Crippen molar-refractivity contribution in [3.63, 3.8) is 0 Å². The van der Waals surface area contributed by atoms with E-state index in [-0.39, 0.29) is 11.3 Å². The summed E-state index contributed by atoms with van der Waals surface area (Å²) in [6.45, 7) is 12.3. The number of nitrogens with zero attached hydrogens (tertiary/aromatic N) is 2. The van der Waals surface area contributed by atoms with Gasteiger partial charge in [-0.05, 0) is 79.5 Å². The SMILES string of the molecule is CC/C(=C(C)\C(N)=C\N(N)c1cc(C(=O)Nc2cc(C(C)(C)C)cc(NSC)c2OC)ccc1C)N(N)C1CC1. The Morgan fingerprint density at radius 2 is 1.82 bits per heavy atom. The second-order valence-corrected chi connectivity index (χ2v) is 11.8. The molecule has 2 aromatic carbocycles. The largest absolute Gasteiger partial charge is 0.492 e. The van der Waals surface area contributed by atoms with E-state index < -0.39 is 0 Å². The molecule has 40 heavy (non-hydrogen) atoms. The van der Waals surface area contributed by atoms with E-state index in [0.29, 0.717) is 34.4 Å². The van der Waals surface area contributed by atoms with Crippen molar-refractivity contribution in [2.75, 3.05) is 28.4 Å². The molecule has 0 heterocycles. The highest BCUT2D eigenvalue weighted by molar-refractivity contribution is 7.99. The van der Waals surface area contributed by atoms with Crippen LogP contribution in [0.15, 0.2) is 53.5 Å². The van der Waals surface area contributed by atoms with Gasteiger partial charge < -0.3 is 25.5 Å². The van der Waals surface area contributed by atoms with Crippen molar-refractivity contribution < 1.29 is 9.53 Å². The fourth-order valence-corrected chi connectivity index (χ4v) is 4.85. The van der Waals surface area contributed by atoms with Gasteiger partial charge in [0.05, 0.1) is 29.9 Å². The number of nitrogens with two attached hydrogens (primary N) is 3. The zero-order valence-electron chi connectivity index (χ0n) is 25.0. The van der Waals surface area contributed by atoms with Crippen LogP contribution in [0, 0.1) is 6.92 Å². The average Bonchev–Trinajstić information content (AvgIpc) is 3.74. The van der Waals surface area contributed by atoms with E-state index in [1.54, 1.807) is 25.4 Å². The van der Waals surface area contributed by atoms with Crippen LogP contribution in [0.1, 0.15) is 75.4 Å². The summed E-state index contributed by atoms with van der Waals surface area (Å²) < 4.78 is 8.95. The quantitative estimate of drug-likeness (QED) is 0.0996. The zero-order chi connectivity index (χ0) is 29.8. The fourth-order valence-electron chi connectivity index (χ4n) is 4.48. The Morgan fingerprint density at radius 1 is 1.18 bits per heavy atom. The third kappa shape index (κ3) is 7.24. The molecular weight excluding hydrogens is 522 g/mol. The molecule has 0 aromatic heterocycles. The number of aryl methyl sites for hydroxylation is 1. The summed E-state index contributed by atoms with van der Waals surface area (Å²) in [6.07, 6.45) is 6.56. The smallest absolute Gasteiger partial charge is 0.255 e. The summed E-state index contributed by atoms with van der Waals surface area (Å²) in [6, 6.07) is 9.78. The molecule has 2 aromatic rings. The molecule has 9 nitrogen and oxygen atoms in total. The van der Waals surface area contributed by atoms with E-state index >= 15 is 0 Å². The Hall–Kier alpha value is -3.34. The van der Waals surface area contributed by atoms with Gasteiger partial charge in [0, 0.05) is 29.8 Å². The van der Waals surface area contributed by atoms with Gasteiger partial charge in [0.25, 0.3) is 5.91 Å². The Morgan fingerprint density at radius 3 is 2.38 bits per heavy atom. The lowest BCUT2D eigenvalue weighted by atomic mass is 9.86. The topological polar surface area (TPSA) is 135 Å². The molecule has 218 valence electrons. The number of hydrogen-bond acceptors (Lipinski definition) is 9. The summed E-state index contributed by atoms with van der Waals surface area (Å²) >= 11 is 1.46. The Kier molecular flexibility index (Phi) is 10.0. The summed E-state index contributed by atoms with van der Waals surface area (Å²) in [5.74, 6) is 13.1. The van der Waals surface area contributed by atoms with Gasteiger partial charge in [-0.3, -0.25) is 9.80 Å². The minimum atomic E-state index is -0.279. The Bertz CT molecular complexity index is 1300. The van der Waals surface area contributed by atoms with Crippen LogP contribution in [0.3, 0.4) is 0 Å². The molecule has 0 unspecified atom stereocenters. The first-order valence-corrected chi connectivity index (χ1v) is 14.7. The molecule has 1 saturated carbocycles. The summed E-state index contributed by atoms with van der Waals surface area (Å²) in [4.78, 5) is 13.5. The minimum Gasteiger partial charge on any atom is -0.492 e. The van der Waals surface area contributed by atoms with Crippen LogP contribution in [0.5, 0.6) is 5.75 Å². The first-order valence-electron chi connectivity index (χ1n) is 13.5. The van der Waals surface area contributed by atoms with Crippen LogP contribution in [0.25, 0.3) is 0 Å². The molecule has 1 amide bonds. The highest BCUT2D eigenvalue weighted by atomic mass is 32.2. The molecule has 0 radical (unpaired) electrons. The summed E-state index contributed by atoms with van der Waals surface area (Å²) in [5, 5.41) is 6.33. The average molecular weight is 568 g/mol. The van der Waals surface area contributed by atoms with E-state index in [1.165, 1.54) is 17.0 Å². The molecule has 0 spiro atoms. The molecule has 0 bridgehead atoms. The van der Waals surface area contributed by atoms with Crippen molar-refractivity contribution in [3.8, 4) is 5.75 Å². The molecule has 1 fully saturated rings. The van der Waals surface area contributed by atoms with Crippen molar-refractivity contribution in [3.05, 3.63) is 70.2 Å². The molecule has 0 saturated heterocycles.